The summed E-state index contributed by atoms with van der Waals surface area (Å²) >= 11 is 0. The minimum Gasteiger partial charge on any atom is -0.497 e. The number of benzene rings is 1. The van der Waals surface area contributed by atoms with Gasteiger partial charge in [0.15, 0.2) is 0 Å². The third-order valence-electron chi connectivity index (χ3n) is 6.82. The van der Waals surface area contributed by atoms with E-state index < -0.39 is 18.0 Å². The molecule has 0 unspecified atom stereocenters. The van der Waals surface area contributed by atoms with Crippen LogP contribution in [0.4, 0.5) is 4.79 Å². The monoisotopic (exact) mass is 450 g/mol. The Balaban J connectivity index is 1.23. The fourth-order valence-corrected chi connectivity index (χ4v) is 5.18. The quantitative estimate of drug-likeness (QED) is 0.693. The van der Waals surface area contributed by atoms with Crippen molar-refractivity contribution in [3.8, 4) is 5.75 Å². The van der Waals surface area contributed by atoms with E-state index >= 15 is 0 Å². The van der Waals surface area contributed by atoms with Crippen LogP contribution in [-0.2, 0) is 22.7 Å². The van der Waals surface area contributed by atoms with Gasteiger partial charge in [-0.25, -0.2) is 4.79 Å². The van der Waals surface area contributed by atoms with Crippen LogP contribution in [0.1, 0.15) is 30.0 Å². The highest BCUT2D eigenvalue weighted by Crippen LogP contribution is 2.35. The maximum atomic E-state index is 13.1. The van der Waals surface area contributed by atoms with Gasteiger partial charge < -0.3 is 19.5 Å². The number of amides is 4. The molecule has 1 aromatic heterocycles. The number of urea groups is 1. The Morgan fingerprint density at radius 2 is 1.85 bits per heavy atom. The molecule has 3 atom stereocenters. The number of aromatic nitrogens is 1. The molecule has 33 heavy (non-hydrogen) atoms. The number of methoxy groups -OCH3 is 1. The lowest BCUT2D eigenvalue weighted by Crippen LogP contribution is -2.50. The van der Waals surface area contributed by atoms with Crippen molar-refractivity contribution in [1.29, 1.82) is 0 Å². The van der Waals surface area contributed by atoms with Crippen molar-refractivity contribution in [2.24, 2.45) is 5.92 Å². The average molecular weight is 450 g/mol. The van der Waals surface area contributed by atoms with Crippen LogP contribution >= 0.6 is 0 Å². The van der Waals surface area contributed by atoms with Crippen LogP contribution in [-0.4, -0.2) is 58.5 Å². The van der Waals surface area contributed by atoms with Crippen molar-refractivity contribution in [3.05, 3.63) is 64.1 Å². The van der Waals surface area contributed by atoms with Crippen LogP contribution < -0.4 is 15.6 Å². The summed E-state index contributed by atoms with van der Waals surface area (Å²) in [5.41, 5.74) is 1.76. The predicted octanol–water partition coefficient (Wildman–Crippen LogP) is 1.31. The molecule has 0 radical (unpaired) electrons. The molecule has 3 aliphatic heterocycles. The summed E-state index contributed by atoms with van der Waals surface area (Å²) in [4.78, 5) is 53.5. The number of hydrogen-bond donors (Lipinski definition) is 1. The van der Waals surface area contributed by atoms with Crippen LogP contribution in [0.2, 0.25) is 0 Å². The zero-order chi connectivity index (χ0) is 23.1. The Hall–Kier alpha value is -3.62. The second kappa shape index (κ2) is 8.38. The highest BCUT2D eigenvalue weighted by atomic mass is 16.5. The summed E-state index contributed by atoms with van der Waals surface area (Å²) < 4.78 is 6.95. The Morgan fingerprint density at radius 1 is 1.06 bits per heavy atom. The number of fused-ring (bicyclic) bond motifs is 4. The number of hydrogen-bond acceptors (Lipinski definition) is 5. The number of carbonyl (C=O) groups excluding carboxylic acids is 3. The van der Waals surface area contributed by atoms with Gasteiger partial charge in [-0.2, -0.15) is 0 Å². The van der Waals surface area contributed by atoms with Gasteiger partial charge in [0, 0.05) is 37.3 Å². The smallest absolute Gasteiger partial charge is 0.325 e. The summed E-state index contributed by atoms with van der Waals surface area (Å²) in [6.45, 7) is 1.81. The van der Waals surface area contributed by atoms with Crippen molar-refractivity contribution in [2.45, 2.75) is 37.9 Å². The van der Waals surface area contributed by atoms with Gasteiger partial charge in [-0.05, 0) is 36.1 Å². The fraction of sp³-hybridized carbons (Fsp3) is 0.417. The molecule has 9 heteroatoms. The number of rotatable bonds is 5. The number of nitrogens with zero attached hydrogens (tertiary/aromatic N) is 3. The number of carbonyl (C=O) groups is 3. The van der Waals surface area contributed by atoms with Gasteiger partial charge in [0.1, 0.15) is 11.8 Å². The minimum atomic E-state index is -0.861. The minimum absolute atomic E-state index is 0.00167. The molecule has 4 heterocycles. The molecule has 2 fully saturated rings. The summed E-state index contributed by atoms with van der Waals surface area (Å²) in [5, 5.41) is 2.66. The van der Waals surface area contributed by atoms with E-state index in [1.54, 1.807) is 48.4 Å². The molecular formula is C24H26N4O5. The molecule has 5 rings (SSSR count). The molecule has 2 bridgehead atoms. The van der Waals surface area contributed by atoms with Crippen molar-refractivity contribution in [2.75, 3.05) is 20.2 Å². The van der Waals surface area contributed by atoms with E-state index in [0.29, 0.717) is 25.4 Å². The van der Waals surface area contributed by atoms with Gasteiger partial charge >= 0.3 is 6.03 Å². The first-order valence-electron chi connectivity index (χ1n) is 11.1. The third-order valence-corrected chi connectivity index (χ3v) is 6.82. The molecule has 0 spiro atoms. The van der Waals surface area contributed by atoms with E-state index in [1.807, 2.05) is 10.6 Å². The molecule has 1 aromatic carbocycles. The highest BCUT2D eigenvalue weighted by molar-refractivity contribution is 6.05. The van der Waals surface area contributed by atoms with Crippen LogP contribution in [0.5, 0.6) is 5.75 Å². The summed E-state index contributed by atoms with van der Waals surface area (Å²) in [5.74, 6) is 0.467. The summed E-state index contributed by atoms with van der Waals surface area (Å²) in [6, 6.07) is 11.1. The van der Waals surface area contributed by atoms with Gasteiger partial charge in [-0.1, -0.05) is 18.2 Å². The number of piperidine rings is 1. The topological polar surface area (TPSA) is 101 Å². The second-order valence-corrected chi connectivity index (χ2v) is 8.98. The lowest BCUT2D eigenvalue weighted by Gasteiger charge is -2.43. The Kier molecular flexibility index (Phi) is 5.39. The largest absolute Gasteiger partial charge is 0.497 e. The van der Waals surface area contributed by atoms with Crippen molar-refractivity contribution in [1.82, 2.24) is 19.7 Å². The molecule has 172 valence electrons. The summed E-state index contributed by atoms with van der Waals surface area (Å²) in [6.07, 6.45) is 0.882. The van der Waals surface area contributed by atoms with Crippen molar-refractivity contribution in [3.63, 3.8) is 0 Å². The maximum Gasteiger partial charge on any atom is 0.325 e. The molecule has 1 N–H and O–H groups in total. The number of ether oxygens (including phenoxy) is 1. The molecule has 2 aromatic rings. The van der Waals surface area contributed by atoms with Crippen LogP contribution in [0.25, 0.3) is 0 Å². The van der Waals surface area contributed by atoms with Gasteiger partial charge in [0.2, 0.25) is 5.91 Å². The number of imide groups is 1. The Morgan fingerprint density at radius 3 is 2.61 bits per heavy atom. The fourth-order valence-electron chi connectivity index (χ4n) is 5.18. The number of likely N-dealkylation sites (tertiary alicyclic amines) is 1. The lowest BCUT2D eigenvalue weighted by molar-refractivity contribution is -0.137. The highest BCUT2D eigenvalue weighted by Gasteiger charge is 2.41. The predicted molar refractivity (Wildman–Crippen MR) is 119 cm³/mol. The van der Waals surface area contributed by atoms with Crippen molar-refractivity contribution >= 4 is 17.8 Å². The first-order chi connectivity index (χ1) is 15.9. The van der Waals surface area contributed by atoms with Gasteiger partial charge in [-0.3, -0.25) is 19.3 Å². The van der Waals surface area contributed by atoms with Gasteiger partial charge in [0.05, 0.1) is 20.1 Å². The van der Waals surface area contributed by atoms with Crippen LogP contribution in [0, 0.1) is 5.92 Å². The Bertz CT molecular complexity index is 1160. The maximum absolute atomic E-state index is 13.1. The average Bonchev–Trinajstić information content (AvgIpc) is 3.07. The molecule has 4 amide bonds. The van der Waals surface area contributed by atoms with E-state index in [1.165, 1.54) is 0 Å². The van der Waals surface area contributed by atoms with Gasteiger partial charge in [0.25, 0.3) is 11.5 Å². The number of pyridine rings is 1. The molecule has 0 saturated carbocycles. The molecular weight excluding hydrogens is 424 g/mol. The third kappa shape index (κ3) is 3.99. The zero-order valence-electron chi connectivity index (χ0n) is 18.4. The standard InChI is InChI=1S/C24H26N4O5/c1-33-18-7-5-15(6-8-18)12-28-23(31)19(25-24(28)32)10-22(30)26-11-16-9-17(14-26)20-3-2-4-21(29)27(20)13-16/h2-8,16-17,19H,9-14H2,1H3,(H,25,32)/t16-,17+,19+/m1/s1. The van der Waals surface area contributed by atoms with Crippen molar-refractivity contribution < 1.29 is 19.1 Å². The van der Waals surface area contributed by atoms with E-state index in [4.69, 9.17) is 4.74 Å². The molecule has 2 saturated heterocycles. The lowest BCUT2D eigenvalue weighted by atomic mass is 9.83. The normalized spacial score (nSPS) is 23.8. The van der Waals surface area contributed by atoms with E-state index in [9.17, 15) is 19.2 Å². The van der Waals surface area contributed by atoms with Crippen LogP contribution in [0.3, 0.4) is 0 Å². The second-order valence-electron chi connectivity index (χ2n) is 8.98. The Labute approximate surface area is 190 Å². The van der Waals surface area contributed by atoms with E-state index in [-0.39, 0.29) is 36.3 Å². The first-order valence-corrected chi connectivity index (χ1v) is 11.1. The van der Waals surface area contributed by atoms with Crippen LogP contribution in [0.15, 0.2) is 47.3 Å². The molecule has 3 aliphatic rings. The summed E-state index contributed by atoms with van der Waals surface area (Å²) in [7, 11) is 1.57. The number of nitrogens with one attached hydrogen (secondary N) is 1. The zero-order valence-corrected chi connectivity index (χ0v) is 18.4. The van der Waals surface area contributed by atoms with Gasteiger partial charge in [-0.15, -0.1) is 0 Å². The first kappa shape index (κ1) is 21.2. The van der Waals surface area contributed by atoms with E-state index in [0.717, 1.165) is 22.6 Å². The molecule has 0 aliphatic carbocycles. The SMILES string of the molecule is COc1ccc(CN2C(=O)N[C@@H](CC(=O)N3C[C@H]4C[C@@H](C3)c3cccc(=O)n3C4)C2=O)cc1. The van der Waals surface area contributed by atoms with E-state index in [2.05, 4.69) is 5.32 Å². The molecule has 9 nitrogen and oxygen atoms in total.